The molecule has 1 unspecified atom stereocenters. The Labute approximate surface area is 140 Å². The third-order valence-corrected chi connectivity index (χ3v) is 4.19. The van der Waals surface area contributed by atoms with Crippen LogP contribution in [0.4, 0.5) is 0 Å². The van der Waals surface area contributed by atoms with Crippen molar-refractivity contribution < 1.29 is 5.11 Å². The highest BCUT2D eigenvalue weighted by Gasteiger charge is 2.13. The zero-order valence-electron chi connectivity index (χ0n) is 14.9. The van der Waals surface area contributed by atoms with Crippen LogP contribution in [0, 0.1) is 0 Å². The predicted octanol–water partition coefficient (Wildman–Crippen LogP) is 5.85. The van der Waals surface area contributed by atoms with Crippen molar-refractivity contribution in [2.24, 2.45) is 0 Å². The monoisotopic (exact) mass is 308 g/mol. The lowest BCUT2D eigenvalue weighted by atomic mass is 9.86. The van der Waals surface area contributed by atoms with Gasteiger partial charge in [0.05, 0.1) is 6.10 Å². The van der Waals surface area contributed by atoms with Crippen molar-refractivity contribution >= 4 is 6.08 Å². The molecule has 1 heteroatoms. The van der Waals surface area contributed by atoms with Crippen LogP contribution >= 0.6 is 0 Å². The minimum atomic E-state index is -0.575. The van der Waals surface area contributed by atoms with E-state index in [1.54, 1.807) is 0 Å². The van der Waals surface area contributed by atoms with Gasteiger partial charge in [0.1, 0.15) is 0 Å². The first-order chi connectivity index (χ1) is 10.8. The molecule has 0 spiro atoms. The van der Waals surface area contributed by atoms with Crippen molar-refractivity contribution in [3.63, 3.8) is 0 Å². The third-order valence-electron chi connectivity index (χ3n) is 4.19. The van der Waals surface area contributed by atoms with Crippen molar-refractivity contribution in [2.45, 2.75) is 52.1 Å². The van der Waals surface area contributed by atoms with Gasteiger partial charge in [-0.2, -0.15) is 0 Å². The average molecular weight is 308 g/mol. The van der Waals surface area contributed by atoms with E-state index in [1.165, 1.54) is 11.1 Å². The zero-order chi connectivity index (χ0) is 17.0. The van der Waals surface area contributed by atoms with E-state index in [1.807, 2.05) is 24.3 Å². The fourth-order valence-electron chi connectivity index (χ4n) is 2.49. The van der Waals surface area contributed by atoms with E-state index < -0.39 is 6.10 Å². The Balaban J connectivity index is 2.07. The first kappa shape index (κ1) is 17.5. The van der Waals surface area contributed by atoms with Gasteiger partial charge in [0.2, 0.25) is 0 Å². The normalized spacial score (nSPS) is 13.7. The molecule has 1 N–H and O–H groups in total. The Bertz CT molecular complexity index is 640. The molecule has 122 valence electrons. The largest absolute Gasteiger partial charge is 0.384 e. The molecule has 0 saturated carbocycles. The topological polar surface area (TPSA) is 20.2 Å². The smallest absolute Gasteiger partial charge is 0.0975 e. The lowest BCUT2D eigenvalue weighted by Gasteiger charge is -2.19. The standard InChI is InChI=1S/C22H28O/c1-16(2)18-9-6-17(7-10-18)8-15-21(23)19-11-13-20(14-12-19)22(3,4)5/h6-16,21,23H,1-5H3. The van der Waals surface area contributed by atoms with E-state index in [-0.39, 0.29) is 5.41 Å². The second-order valence-corrected chi connectivity index (χ2v) is 7.50. The molecule has 1 atom stereocenters. The first-order valence-corrected chi connectivity index (χ1v) is 8.34. The Morgan fingerprint density at radius 1 is 0.826 bits per heavy atom. The number of aliphatic hydroxyl groups excluding tert-OH is 1. The van der Waals surface area contributed by atoms with Gasteiger partial charge < -0.3 is 5.11 Å². The molecular formula is C22H28O. The Morgan fingerprint density at radius 2 is 1.35 bits per heavy atom. The molecule has 2 aromatic carbocycles. The van der Waals surface area contributed by atoms with Crippen LogP contribution in [0.2, 0.25) is 0 Å². The maximum absolute atomic E-state index is 10.3. The van der Waals surface area contributed by atoms with E-state index in [0.717, 1.165) is 11.1 Å². The quantitative estimate of drug-likeness (QED) is 0.750. The van der Waals surface area contributed by atoms with Crippen LogP contribution in [0.25, 0.3) is 6.08 Å². The zero-order valence-corrected chi connectivity index (χ0v) is 14.9. The molecule has 0 bridgehead atoms. The molecule has 0 fully saturated rings. The Kier molecular flexibility index (Phi) is 5.43. The Morgan fingerprint density at radius 3 is 1.83 bits per heavy atom. The number of rotatable bonds is 4. The molecule has 23 heavy (non-hydrogen) atoms. The predicted molar refractivity (Wildman–Crippen MR) is 99.7 cm³/mol. The van der Waals surface area contributed by atoms with Crippen molar-refractivity contribution in [3.05, 3.63) is 76.9 Å². The van der Waals surface area contributed by atoms with Gasteiger partial charge in [0.25, 0.3) is 0 Å². The van der Waals surface area contributed by atoms with Crippen LogP contribution in [0.5, 0.6) is 0 Å². The molecule has 2 aromatic rings. The van der Waals surface area contributed by atoms with Crippen LogP contribution in [0.15, 0.2) is 54.6 Å². The lowest BCUT2D eigenvalue weighted by molar-refractivity contribution is 0.229. The van der Waals surface area contributed by atoms with Gasteiger partial charge >= 0.3 is 0 Å². The SMILES string of the molecule is CC(C)c1ccc(C=CC(O)c2ccc(C(C)(C)C)cc2)cc1. The van der Waals surface area contributed by atoms with Gasteiger partial charge in [-0.3, -0.25) is 0 Å². The summed E-state index contributed by atoms with van der Waals surface area (Å²) < 4.78 is 0. The van der Waals surface area contributed by atoms with Crippen LogP contribution in [-0.2, 0) is 5.41 Å². The molecule has 0 aliphatic rings. The van der Waals surface area contributed by atoms with E-state index in [9.17, 15) is 5.11 Å². The third kappa shape index (κ3) is 4.80. The van der Waals surface area contributed by atoms with Gasteiger partial charge in [-0.05, 0) is 33.6 Å². The van der Waals surface area contributed by atoms with Gasteiger partial charge in [0.15, 0.2) is 0 Å². The van der Waals surface area contributed by atoms with Gasteiger partial charge in [-0.25, -0.2) is 0 Å². The molecule has 0 aliphatic heterocycles. The van der Waals surface area contributed by atoms with Crippen LogP contribution in [0.1, 0.15) is 68.9 Å². The second-order valence-electron chi connectivity index (χ2n) is 7.50. The van der Waals surface area contributed by atoms with E-state index >= 15 is 0 Å². The molecule has 0 amide bonds. The fraction of sp³-hybridized carbons (Fsp3) is 0.364. The molecule has 0 aromatic heterocycles. The lowest BCUT2D eigenvalue weighted by Crippen LogP contribution is -2.10. The summed E-state index contributed by atoms with van der Waals surface area (Å²) in [7, 11) is 0. The minimum Gasteiger partial charge on any atom is -0.384 e. The summed E-state index contributed by atoms with van der Waals surface area (Å²) in [4.78, 5) is 0. The average Bonchev–Trinajstić information content (AvgIpc) is 2.52. The van der Waals surface area contributed by atoms with E-state index in [4.69, 9.17) is 0 Å². The van der Waals surface area contributed by atoms with Crippen molar-refractivity contribution in [1.82, 2.24) is 0 Å². The summed E-state index contributed by atoms with van der Waals surface area (Å²) in [5.74, 6) is 0.542. The maximum Gasteiger partial charge on any atom is 0.0975 e. The van der Waals surface area contributed by atoms with Gasteiger partial charge in [-0.1, -0.05) is 95.3 Å². The van der Waals surface area contributed by atoms with Gasteiger partial charge in [-0.15, -0.1) is 0 Å². The van der Waals surface area contributed by atoms with Crippen LogP contribution < -0.4 is 0 Å². The fourth-order valence-corrected chi connectivity index (χ4v) is 2.49. The molecule has 1 nitrogen and oxygen atoms in total. The van der Waals surface area contributed by atoms with Crippen molar-refractivity contribution in [2.75, 3.05) is 0 Å². The summed E-state index contributed by atoms with van der Waals surface area (Å²) in [5.41, 5.74) is 4.78. The Hall–Kier alpha value is -1.86. The van der Waals surface area contributed by atoms with Gasteiger partial charge in [0, 0.05) is 0 Å². The number of hydrogen-bond acceptors (Lipinski definition) is 1. The van der Waals surface area contributed by atoms with Crippen molar-refractivity contribution in [1.29, 1.82) is 0 Å². The molecule has 0 saturated heterocycles. The first-order valence-electron chi connectivity index (χ1n) is 8.34. The maximum atomic E-state index is 10.3. The minimum absolute atomic E-state index is 0.136. The van der Waals surface area contributed by atoms with Crippen LogP contribution in [0.3, 0.4) is 0 Å². The number of benzene rings is 2. The summed E-state index contributed by atoms with van der Waals surface area (Å²) in [6.45, 7) is 11.0. The number of hydrogen-bond donors (Lipinski definition) is 1. The highest BCUT2D eigenvalue weighted by Crippen LogP contribution is 2.24. The van der Waals surface area contributed by atoms with E-state index in [2.05, 4.69) is 71.0 Å². The summed E-state index contributed by atoms with van der Waals surface area (Å²) in [6, 6.07) is 16.7. The number of aliphatic hydroxyl groups is 1. The molecule has 0 radical (unpaired) electrons. The van der Waals surface area contributed by atoms with Crippen LogP contribution in [-0.4, -0.2) is 5.11 Å². The second kappa shape index (κ2) is 7.14. The highest BCUT2D eigenvalue weighted by atomic mass is 16.3. The molecule has 0 heterocycles. The summed E-state index contributed by atoms with van der Waals surface area (Å²) in [6.07, 6.45) is 3.25. The molecule has 2 rings (SSSR count). The molecule has 0 aliphatic carbocycles. The van der Waals surface area contributed by atoms with Crippen molar-refractivity contribution in [3.8, 4) is 0 Å². The van der Waals surface area contributed by atoms with E-state index in [0.29, 0.717) is 5.92 Å². The summed E-state index contributed by atoms with van der Waals surface area (Å²) >= 11 is 0. The summed E-state index contributed by atoms with van der Waals surface area (Å²) in [5, 5.41) is 10.3. The molecular weight excluding hydrogens is 280 g/mol. The highest BCUT2D eigenvalue weighted by molar-refractivity contribution is 5.51.